The van der Waals surface area contributed by atoms with Crippen LogP contribution in [0, 0.1) is 6.92 Å². The molecule has 2 rings (SSSR count). The third-order valence-electron chi connectivity index (χ3n) is 2.26. The van der Waals surface area contributed by atoms with Gasteiger partial charge in [-0.15, -0.1) is 0 Å². The number of carbonyl (C=O) groups is 1. The molecule has 0 aliphatic carbocycles. The molecule has 1 amide bonds. The second-order valence-corrected chi connectivity index (χ2v) is 3.37. The van der Waals surface area contributed by atoms with Crippen LogP contribution in [0.25, 0.3) is 11.5 Å². The van der Waals surface area contributed by atoms with E-state index in [9.17, 15) is 4.79 Å². The Bertz CT molecular complexity index is 503. The first-order valence-electron chi connectivity index (χ1n) is 4.97. The number of benzene rings is 1. The fourth-order valence-corrected chi connectivity index (χ4v) is 1.43. The zero-order valence-electron chi connectivity index (χ0n) is 9.15. The number of amides is 1. The lowest BCUT2D eigenvalue weighted by Gasteiger charge is -1.92. The molecule has 0 unspecified atom stereocenters. The summed E-state index contributed by atoms with van der Waals surface area (Å²) in [6.45, 7) is 1.73. The highest BCUT2D eigenvalue weighted by Crippen LogP contribution is 2.21. The molecule has 0 radical (unpaired) electrons. The summed E-state index contributed by atoms with van der Waals surface area (Å²) in [6, 6.07) is 9.49. The predicted octanol–water partition coefficient (Wildman–Crippen LogP) is 2.01. The minimum absolute atomic E-state index is 0.233. The van der Waals surface area contributed by atoms with Crippen molar-refractivity contribution in [1.29, 1.82) is 0 Å². The number of aryl methyl sites for hydroxylation is 1. The van der Waals surface area contributed by atoms with Crippen molar-refractivity contribution >= 4 is 5.91 Å². The molecule has 0 aliphatic rings. The molecule has 0 bridgehead atoms. The second kappa shape index (κ2) is 4.18. The van der Waals surface area contributed by atoms with Gasteiger partial charge >= 0.3 is 0 Å². The van der Waals surface area contributed by atoms with E-state index in [0.29, 0.717) is 17.3 Å². The highest BCUT2D eigenvalue weighted by molar-refractivity contribution is 5.93. The van der Waals surface area contributed by atoms with E-state index in [1.807, 2.05) is 30.3 Å². The van der Waals surface area contributed by atoms with Crippen LogP contribution >= 0.6 is 0 Å². The minimum atomic E-state index is -0.233. The molecule has 1 aromatic carbocycles. The quantitative estimate of drug-likeness (QED) is 0.835. The monoisotopic (exact) mass is 216 g/mol. The maximum Gasteiger partial charge on any atom is 0.273 e. The molecule has 0 saturated heterocycles. The van der Waals surface area contributed by atoms with E-state index in [1.54, 1.807) is 14.0 Å². The summed E-state index contributed by atoms with van der Waals surface area (Å²) in [7, 11) is 1.57. The van der Waals surface area contributed by atoms with Gasteiger partial charge in [-0.1, -0.05) is 18.2 Å². The van der Waals surface area contributed by atoms with Crippen LogP contribution in [0.2, 0.25) is 0 Å². The largest absolute Gasteiger partial charge is 0.441 e. The Morgan fingerprint density at radius 2 is 2.00 bits per heavy atom. The molecule has 0 saturated carbocycles. The van der Waals surface area contributed by atoms with E-state index < -0.39 is 0 Å². The normalized spacial score (nSPS) is 10.1. The lowest BCUT2D eigenvalue weighted by molar-refractivity contribution is 0.0957. The smallest absolute Gasteiger partial charge is 0.273 e. The van der Waals surface area contributed by atoms with Gasteiger partial charge in [0.15, 0.2) is 5.69 Å². The number of rotatable bonds is 2. The summed E-state index contributed by atoms with van der Waals surface area (Å²) in [4.78, 5) is 15.6. The van der Waals surface area contributed by atoms with Crippen LogP contribution in [0.15, 0.2) is 34.7 Å². The van der Waals surface area contributed by atoms with Gasteiger partial charge in [0.2, 0.25) is 5.89 Å². The van der Waals surface area contributed by atoms with E-state index >= 15 is 0 Å². The first-order valence-corrected chi connectivity index (χ1v) is 4.97. The Labute approximate surface area is 93.3 Å². The number of aromatic nitrogens is 1. The standard InChI is InChI=1S/C12H12N2O2/c1-8-10(11(15)13-2)14-12(16-8)9-6-4-3-5-7-9/h3-7H,1-2H3,(H,13,15). The molecule has 0 fully saturated rings. The van der Waals surface area contributed by atoms with Crippen LogP contribution in [-0.4, -0.2) is 17.9 Å². The van der Waals surface area contributed by atoms with Crippen molar-refractivity contribution < 1.29 is 9.21 Å². The summed E-state index contributed by atoms with van der Waals surface area (Å²) in [5, 5.41) is 2.53. The Morgan fingerprint density at radius 3 is 2.62 bits per heavy atom. The number of oxazole rings is 1. The number of nitrogens with one attached hydrogen (secondary N) is 1. The fraction of sp³-hybridized carbons (Fsp3) is 0.167. The molecule has 82 valence electrons. The Kier molecular flexibility index (Phi) is 2.72. The van der Waals surface area contributed by atoms with Crippen molar-refractivity contribution in [2.24, 2.45) is 0 Å². The highest BCUT2D eigenvalue weighted by atomic mass is 16.4. The molecular weight excluding hydrogens is 204 g/mol. The van der Waals surface area contributed by atoms with Gasteiger partial charge in [0.05, 0.1) is 0 Å². The average molecular weight is 216 g/mol. The van der Waals surface area contributed by atoms with Crippen LogP contribution in [0.4, 0.5) is 0 Å². The molecule has 1 N–H and O–H groups in total. The molecule has 4 nitrogen and oxygen atoms in total. The summed E-state index contributed by atoms with van der Waals surface area (Å²) in [5.41, 5.74) is 1.20. The minimum Gasteiger partial charge on any atom is -0.441 e. The van der Waals surface area contributed by atoms with Crippen molar-refractivity contribution in [3.63, 3.8) is 0 Å². The first-order chi connectivity index (χ1) is 7.72. The number of hydrogen-bond acceptors (Lipinski definition) is 3. The van der Waals surface area contributed by atoms with Gasteiger partial charge in [-0.25, -0.2) is 4.98 Å². The van der Waals surface area contributed by atoms with Gasteiger partial charge < -0.3 is 9.73 Å². The van der Waals surface area contributed by atoms with Crippen LogP contribution in [0.3, 0.4) is 0 Å². The molecular formula is C12H12N2O2. The Balaban J connectivity index is 2.42. The highest BCUT2D eigenvalue weighted by Gasteiger charge is 2.16. The van der Waals surface area contributed by atoms with Gasteiger partial charge in [0, 0.05) is 12.6 Å². The first kappa shape index (κ1) is 10.4. The zero-order chi connectivity index (χ0) is 11.5. The maximum atomic E-state index is 11.4. The van der Waals surface area contributed by atoms with E-state index in [4.69, 9.17) is 4.42 Å². The average Bonchev–Trinajstić information content (AvgIpc) is 2.71. The Morgan fingerprint density at radius 1 is 1.31 bits per heavy atom. The maximum absolute atomic E-state index is 11.4. The topological polar surface area (TPSA) is 55.1 Å². The molecule has 4 heteroatoms. The van der Waals surface area contributed by atoms with Crippen molar-refractivity contribution in [2.75, 3.05) is 7.05 Å². The molecule has 1 aromatic heterocycles. The lowest BCUT2D eigenvalue weighted by atomic mass is 10.2. The van der Waals surface area contributed by atoms with Gasteiger partial charge in [0.25, 0.3) is 5.91 Å². The lowest BCUT2D eigenvalue weighted by Crippen LogP contribution is -2.19. The van der Waals surface area contributed by atoms with Gasteiger partial charge in [0.1, 0.15) is 5.76 Å². The third kappa shape index (κ3) is 1.82. The van der Waals surface area contributed by atoms with Crippen molar-refractivity contribution in [3.8, 4) is 11.5 Å². The van der Waals surface area contributed by atoms with Gasteiger partial charge in [-0.05, 0) is 19.1 Å². The third-order valence-corrected chi connectivity index (χ3v) is 2.26. The molecule has 16 heavy (non-hydrogen) atoms. The van der Waals surface area contributed by atoms with Crippen LogP contribution in [-0.2, 0) is 0 Å². The van der Waals surface area contributed by atoms with E-state index in [0.717, 1.165) is 5.56 Å². The van der Waals surface area contributed by atoms with Crippen LogP contribution in [0.5, 0.6) is 0 Å². The second-order valence-electron chi connectivity index (χ2n) is 3.37. The molecule has 1 heterocycles. The predicted molar refractivity (Wildman–Crippen MR) is 60.1 cm³/mol. The van der Waals surface area contributed by atoms with Crippen molar-refractivity contribution in [3.05, 3.63) is 41.8 Å². The van der Waals surface area contributed by atoms with E-state index in [2.05, 4.69) is 10.3 Å². The number of carbonyl (C=O) groups excluding carboxylic acids is 1. The van der Waals surface area contributed by atoms with E-state index in [1.165, 1.54) is 0 Å². The van der Waals surface area contributed by atoms with Crippen molar-refractivity contribution in [1.82, 2.24) is 10.3 Å². The zero-order valence-corrected chi connectivity index (χ0v) is 9.15. The van der Waals surface area contributed by atoms with Crippen LogP contribution in [0.1, 0.15) is 16.2 Å². The van der Waals surface area contributed by atoms with Crippen molar-refractivity contribution in [2.45, 2.75) is 6.92 Å². The molecule has 0 spiro atoms. The number of nitrogens with zero attached hydrogens (tertiary/aromatic N) is 1. The van der Waals surface area contributed by atoms with Crippen LogP contribution < -0.4 is 5.32 Å². The summed E-state index contributed by atoms with van der Waals surface area (Å²) in [6.07, 6.45) is 0. The van der Waals surface area contributed by atoms with Gasteiger partial charge in [-0.2, -0.15) is 0 Å². The summed E-state index contributed by atoms with van der Waals surface area (Å²) >= 11 is 0. The summed E-state index contributed by atoms with van der Waals surface area (Å²) < 4.78 is 5.45. The van der Waals surface area contributed by atoms with Gasteiger partial charge in [-0.3, -0.25) is 4.79 Å². The Hall–Kier alpha value is -2.10. The summed E-state index contributed by atoms with van der Waals surface area (Å²) in [5.74, 6) is 0.762. The SMILES string of the molecule is CNC(=O)c1nc(-c2ccccc2)oc1C. The number of hydrogen-bond donors (Lipinski definition) is 1. The van der Waals surface area contributed by atoms with E-state index in [-0.39, 0.29) is 5.91 Å². The molecule has 0 atom stereocenters. The molecule has 0 aliphatic heterocycles. The molecule has 2 aromatic rings. The fourth-order valence-electron chi connectivity index (χ4n) is 1.43.